The van der Waals surface area contributed by atoms with Gasteiger partial charge in [0.1, 0.15) is 0 Å². The number of benzene rings is 1. The Balaban J connectivity index is 0.000000144. The van der Waals surface area contributed by atoms with Crippen LogP contribution in [-0.2, 0) is 0 Å². The van der Waals surface area contributed by atoms with Crippen LogP contribution in [0.15, 0.2) is 48.5 Å². The smallest absolute Gasteiger partial charge is 0.0886 e. The van der Waals surface area contributed by atoms with Crippen molar-refractivity contribution in [3.63, 3.8) is 0 Å². The summed E-state index contributed by atoms with van der Waals surface area (Å²) in [6, 6.07) is 7.80. The van der Waals surface area contributed by atoms with Gasteiger partial charge in [0.05, 0.1) is 16.8 Å². The quantitative estimate of drug-likeness (QED) is 0.711. The van der Waals surface area contributed by atoms with Gasteiger partial charge in [-0.1, -0.05) is 12.1 Å². The fourth-order valence-corrected chi connectivity index (χ4v) is 1.18. The zero-order valence-electron chi connectivity index (χ0n) is 8.30. The number of nitrogens with zero attached hydrogens (tertiary/aromatic N) is 2. The molecule has 0 atom stereocenters. The fraction of sp³-hybridized carbons (Fsp3) is 0.167. The van der Waals surface area contributed by atoms with Crippen molar-refractivity contribution in [2.24, 2.45) is 0 Å². The monoisotopic (exact) mass is 200 g/mol. The van der Waals surface area contributed by atoms with Crippen molar-refractivity contribution in [3.8, 4) is 0 Å². The maximum Gasteiger partial charge on any atom is 0.0886 e. The topological polar surface area (TPSA) is 46.0 Å². The summed E-state index contributed by atoms with van der Waals surface area (Å²) >= 11 is 0. The van der Waals surface area contributed by atoms with Gasteiger partial charge in [0, 0.05) is 18.8 Å². The minimum atomic E-state index is 0.560. The van der Waals surface area contributed by atoms with Gasteiger partial charge in [-0.2, -0.15) is 0 Å². The Morgan fingerprint density at radius 3 is 1.80 bits per heavy atom. The van der Waals surface area contributed by atoms with E-state index in [-0.39, 0.29) is 0 Å². The van der Waals surface area contributed by atoms with E-state index in [4.69, 9.17) is 5.11 Å². The first-order chi connectivity index (χ1) is 7.36. The van der Waals surface area contributed by atoms with Crippen molar-refractivity contribution in [3.05, 3.63) is 48.5 Å². The number of rotatable bonds is 0. The maximum absolute atomic E-state index is 8.31. The minimum Gasteiger partial charge on any atom is -0.513 e. The third-order valence-corrected chi connectivity index (χ3v) is 2.16. The molecule has 1 heterocycles. The molecule has 1 N–H and O–H groups in total. The first kappa shape index (κ1) is 9.65. The number of aliphatic hydroxyl groups is 1. The normalized spacial score (nSPS) is 13.5. The predicted molar refractivity (Wildman–Crippen MR) is 59.5 cm³/mol. The van der Waals surface area contributed by atoms with Crippen LogP contribution in [0.1, 0.15) is 12.8 Å². The Bertz CT molecular complexity index is 414. The molecule has 0 bridgehead atoms. The van der Waals surface area contributed by atoms with Crippen LogP contribution in [0, 0.1) is 0 Å². The third-order valence-electron chi connectivity index (χ3n) is 2.16. The summed E-state index contributed by atoms with van der Waals surface area (Å²) in [6.07, 6.45) is 7.19. The van der Waals surface area contributed by atoms with E-state index < -0.39 is 0 Å². The molecule has 0 saturated carbocycles. The second-order valence-corrected chi connectivity index (χ2v) is 3.28. The van der Waals surface area contributed by atoms with E-state index in [0.717, 1.165) is 23.9 Å². The summed E-state index contributed by atoms with van der Waals surface area (Å²) in [6.45, 7) is 0. The van der Waals surface area contributed by atoms with Crippen LogP contribution in [0.5, 0.6) is 0 Å². The zero-order valence-corrected chi connectivity index (χ0v) is 8.30. The summed E-state index contributed by atoms with van der Waals surface area (Å²) in [5, 5.41) is 8.31. The van der Waals surface area contributed by atoms with Crippen molar-refractivity contribution in [1.82, 2.24) is 9.97 Å². The van der Waals surface area contributed by atoms with E-state index in [9.17, 15) is 0 Å². The highest BCUT2D eigenvalue weighted by Crippen LogP contribution is 2.12. The van der Waals surface area contributed by atoms with E-state index in [1.54, 1.807) is 12.4 Å². The van der Waals surface area contributed by atoms with E-state index >= 15 is 0 Å². The SMILES string of the molecule is OC1=CCC1.c1ccc2nccnc2c1. The molecular weight excluding hydrogens is 188 g/mol. The van der Waals surface area contributed by atoms with Gasteiger partial charge in [-0.15, -0.1) is 0 Å². The van der Waals surface area contributed by atoms with Gasteiger partial charge in [0.2, 0.25) is 0 Å². The summed E-state index contributed by atoms with van der Waals surface area (Å²) in [7, 11) is 0. The number of hydrogen-bond donors (Lipinski definition) is 1. The van der Waals surface area contributed by atoms with Crippen LogP contribution in [0.4, 0.5) is 0 Å². The molecule has 3 rings (SSSR count). The number of aromatic nitrogens is 2. The highest BCUT2D eigenvalue weighted by molar-refractivity contribution is 5.72. The second-order valence-electron chi connectivity index (χ2n) is 3.28. The van der Waals surface area contributed by atoms with Gasteiger partial charge < -0.3 is 5.11 Å². The molecule has 0 radical (unpaired) electrons. The van der Waals surface area contributed by atoms with Crippen molar-refractivity contribution < 1.29 is 5.11 Å². The van der Waals surface area contributed by atoms with Gasteiger partial charge >= 0.3 is 0 Å². The second kappa shape index (κ2) is 4.55. The molecule has 76 valence electrons. The Morgan fingerprint density at radius 2 is 1.47 bits per heavy atom. The molecule has 0 amide bonds. The highest BCUT2D eigenvalue weighted by atomic mass is 16.3. The number of allylic oxidation sites excluding steroid dienone is 2. The standard InChI is InChI=1S/C8H6N2.C4H6O/c1-2-4-8-7(3-1)9-5-6-10-8;5-4-2-1-3-4/h1-6H;2,5H,1,3H2. The lowest BCUT2D eigenvalue weighted by atomic mass is 10.1. The van der Waals surface area contributed by atoms with Crippen molar-refractivity contribution in [2.75, 3.05) is 0 Å². The number of aliphatic hydroxyl groups excluding tert-OH is 1. The molecule has 1 aromatic carbocycles. The van der Waals surface area contributed by atoms with Crippen LogP contribution in [0.25, 0.3) is 11.0 Å². The fourth-order valence-electron chi connectivity index (χ4n) is 1.18. The molecule has 15 heavy (non-hydrogen) atoms. The summed E-state index contributed by atoms with van der Waals surface area (Å²) in [4.78, 5) is 8.24. The van der Waals surface area contributed by atoms with Crippen LogP contribution in [0.2, 0.25) is 0 Å². The molecule has 3 heteroatoms. The minimum absolute atomic E-state index is 0.560. The van der Waals surface area contributed by atoms with E-state index in [1.807, 2.05) is 30.3 Å². The van der Waals surface area contributed by atoms with Gasteiger partial charge in [-0.25, -0.2) is 0 Å². The summed E-state index contributed by atoms with van der Waals surface area (Å²) in [5.41, 5.74) is 1.90. The molecule has 0 aliphatic heterocycles. The van der Waals surface area contributed by atoms with Gasteiger partial charge in [-0.05, 0) is 24.6 Å². The Morgan fingerprint density at radius 1 is 1.00 bits per heavy atom. The van der Waals surface area contributed by atoms with Crippen molar-refractivity contribution in [1.29, 1.82) is 0 Å². The highest BCUT2D eigenvalue weighted by Gasteiger charge is 1.98. The molecule has 0 unspecified atom stereocenters. The van der Waals surface area contributed by atoms with Gasteiger partial charge in [0.25, 0.3) is 0 Å². The maximum atomic E-state index is 8.31. The van der Waals surface area contributed by atoms with Crippen LogP contribution < -0.4 is 0 Å². The molecule has 0 fully saturated rings. The van der Waals surface area contributed by atoms with Crippen LogP contribution in [-0.4, -0.2) is 15.1 Å². The lowest BCUT2D eigenvalue weighted by Gasteiger charge is -2.03. The number of hydrogen-bond acceptors (Lipinski definition) is 3. The van der Waals surface area contributed by atoms with Crippen molar-refractivity contribution >= 4 is 11.0 Å². The zero-order chi connectivity index (χ0) is 10.5. The molecule has 1 aliphatic carbocycles. The molecule has 1 aliphatic rings. The molecule has 0 spiro atoms. The first-order valence-corrected chi connectivity index (χ1v) is 4.90. The van der Waals surface area contributed by atoms with E-state index in [0.29, 0.717) is 5.76 Å². The van der Waals surface area contributed by atoms with Gasteiger partial charge in [-0.3, -0.25) is 9.97 Å². The lowest BCUT2D eigenvalue weighted by Crippen LogP contribution is -1.88. The Kier molecular flexibility index (Phi) is 2.93. The molecule has 2 aromatic rings. The molecule has 3 nitrogen and oxygen atoms in total. The molecular formula is C12H12N2O. The number of para-hydroxylation sites is 2. The van der Waals surface area contributed by atoms with E-state index in [1.165, 1.54) is 0 Å². The number of fused-ring (bicyclic) bond motifs is 1. The Labute approximate surface area is 88.1 Å². The summed E-state index contributed by atoms with van der Waals surface area (Å²) < 4.78 is 0. The summed E-state index contributed by atoms with van der Waals surface area (Å²) in [5.74, 6) is 0.560. The third kappa shape index (κ3) is 2.53. The largest absolute Gasteiger partial charge is 0.513 e. The van der Waals surface area contributed by atoms with Crippen LogP contribution >= 0.6 is 0 Å². The average molecular weight is 200 g/mol. The van der Waals surface area contributed by atoms with E-state index in [2.05, 4.69) is 9.97 Å². The lowest BCUT2D eigenvalue weighted by molar-refractivity contribution is 0.364. The first-order valence-electron chi connectivity index (χ1n) is 4.90. The van der Waals surface area contributed by atoms with Crippen LogP contribution in [0.3, 0.4) is 0 Å². The molecule has 1 aromatic heterocycles. The molecule has 0 saturated heterocycles. The Hall–Kier alpha value is -1.90. The average Bonchev–Trinajstić information content (AvgIpc) is 2.27. The predicted octanol–water partition coefficient (Wildman–Crippen LogP) is 2.85. The van der Waals surface area contributed by atoms with Gasteiger partial charge in [0.15, 0.2) is 0 Å². The van der Waals surface area contributed by atoms with Crippen molar-refractivity contribution in [2.45, 2.75) is 12.8 Å².